The fourth-order valence-corrected chi connectivity index (χ4v) is 2.33. The molecule has 0 aromatic carbocycles. The minimum Gasteiger partial charge on any atom is -0.353 e. The van der Waals surface area contributed by atoms with Crippen LogP contribution >= 0.6 is 39.1 Å². The summed E-state index contributed by atoms with van der Waals surface area (Å²) in [5.74, 6) is 0.493. The molecule has 0 rings (SSSR count). The van der Waals surface area contributed by atoms with Gasteiger partial charge in [-0.2, -0.15) is 0 Å². The minimum atomic E-state index is -0.488. The molecule has 116 valence electrons. The minimum absolute atomic E-state index is 0.0303. The predicted octanol–water partition coefficient (Wildman–Crippen LogP) is 4.16. The molecule has 0 aliphatic heterocycles. The van der Waals surface area contributed by atoms with Crippen molar-refractivity contribution in [1.82, 2.24) is 9.80 Å². The highest BCUT2D eigenvalue weighted by atomic mass is 79.9. The number of halogens is 3. The third-order valence-electron chi connectivity index (χ3n) is 2.89. The highest BCUT2D eigenvalue weighted by Gasteiger charge is 2.30. The molecular formula is C12H20BrCl2N3O2. The maximum atomic E-state index is 11.5. The molecule has 0 aromatic heterocycles. The van der Waals surface area contributed by atoms with Gasteiger partial charge in [0.1, 0.15) is 8.97 Å². The number of nitrogens with zero attached hydrogens (tertiary/aromatic N) is 3. The van der Waals surface area contributed by atoms with E-state index in [1.165, 1.54) is 0 Å². The molecule has 5 nitrogen and oxygen atoms in total. The van der Waals surface area contributed by atoms with Crippen molar-refractivity contribution in [2.45, 2.75) is 27.7 Å². The van der Waals surface area contributed by atoms with Crippen molar-refractivity contribution < 1.29 is 4.92 Å². The zero-order chi connectivity index (χ0) is 15.9. The Labute approximate surface area is 138 Å². The summed E-state index contributed by atoms with van der Waals surface area (Å²) in [5.41, 5.74) is -0.180. The van der Waals surface area contributed by atoms with Gasteiger partial charge in [-0.05, 0) is 43.6 Å². The summed E-state index contributed by atoms with van der Waals surface area (Å²) in [4.78, 5) is 14.8. The highest BCUT2D eigenvalue weighted by Crippen LogP contribution is 2.31. The quantitative estimate of drug-likeness (QED) is 0.356. The molecule has 0 spiro atoms. The summed E-state index contributed by atoms with van der Waals surface area (Å²) in [5, 5.41) is 11.4. The normalized spacial score (nSPS) is 11.8. The summed E-state index contributed by atoms with van der Waals surface area (Å²) >= 11 is 14.8. The smallest absolute Gasteiger partial charge is 0.329 e. The van der Waals surface area contributed by atoms with Crippen molar-refractivity contribution in [3.8, 4) is 0 Å². The first-order valence-corrected chi connectivity index (χ1v) is 8.00. The van der Waals surface area contributed by atoms with Crippen LogP contribution in [0.2, 0.25) is 0 Å². The zero-order valence-electron chi connectivity index (χ0n) is 12.1. The van der Waals surface area contributed by atoms with Gasteiger partial charge in [0.05, 0.1) is 4.92 Å². The van der Waals surface area contributed by atoms with Crippen LogP contribution in [-0.4, -0.2) is 40.9 Å². The molecular weight excluding hydrogens is 369 g/mol. The number of hydrogen-bond acceptors (Lipinski definition) is 4. The number of allylic oxidation sites excluding steroid dienone is 1. The first kappa shape index (κ1) is 19.5. The summed E-state index contributed by atoms with van der Waals surface area (Å²) in [6.07, 6.45) is 0. The maximum Gasteiger partial charge on any atom is 0.329 e. The fraction of sp³-hybridized carbons (Fsp3) is 0.667. The van der Waals surface area contributed by atoms with Crippen molar-refractivity contribution in [3.05, 3.63) is 30.6 Å². The van der Waals surface area contributed by atoms with Crippen LogP contribution < -0.4 is 0 Å². The molecule has 0 bridgehead atoms. The van der Waals surface area contributed by atoms with Crippen LogP contribution in [0.25, 0.3) is 0 Å². The second-order valence-electron chi connectivity index (χ2n) is 3.85. The molecule has 0 saturated heterocycles. The molecule has 0 radical (unpaired) electrons. The van der Waals surface area contributed by atoms with Gasteiger partial charge in [-0.15, -0.1) is 0 Å². The van der Waals surface area contributed by atoms with E-state index in [2.05, 4.69) is 15.9 Å². The molecule has 0 amide bonds. The van der Waals surface area contributed by atoms with Gasteiger partial charge in [0, 0.05) is 26.2 Å². The van der Waals surface area contributed by atoms with Crippen molar-refractivity contribution >= 4 is 39.1 Å². The monoisotopic (exact) mass is 387 g/mol. The van der Waals surface area contributed by atoms with Crippen molar-refractivity contribution in [2.24, 2.45) is 0 Å². The van der Waals surface area contributed by atoms with Crippen LogP contribution in [0.15, 0.2) is 20.5 Å². The van der Waals surface area contributed by atoms with Gasteiger partial charge in [0.15, 0.2) is 5.82 Å². The van der Waals surface area contributed by atoms with Gasteiger partial charge in [-0.25, -0.2) is 0 Å². The van der Waals surface area contributed by atoms with Gasteiger partial charge < -0.3 is 9.80 Å². The summed E-state index contributed by atoms with van der Waals surface area (Å²) in [6.45, 7) is 10.3. The molecule has 0 fully saturated rings. The molecule has 0 N–H and O–H groups in total. The molecule has 0 aromatic rings. The van der Waals surface area contributed by atoms with Crippen LogP contribution in [0, 0.1) is 10.1 Å². The SMILES string of the molecule is CCN(CC)C(=C(C(Cl)=C(Cl)Br)[N+](=O)[O-])N(CC)CC. The van der Waals surface area contributed by atoms with E-state index in [4.69, 9.17) is 23.2 Å². The molecule has 0 aliphatic rings. The molecule has 20 heavy (non-hydrogen) atoms. The Kier molecular flexibility index (Phi) is 9.25. The van der Waals surface area contributed by atoms with Crippen molar-refractivity contribution in [3.63, 3.8) is 0 Å². The second kappa shape index (κ2) is 9.47. The molecule has 0 saturated carbocycles. The lowest BCUT2D eigenvalue weighted by Crippen LogP contribution is -2.37. The Bertz CT molecular complexity index is 388. The van der Waals surface area contributed by atoms with E-state index in [-0.39, 0.29) is 14.7 Å². The molecule has 0 aliphatic carbocycles. The lowest BCUT2D eigenvalue weighted by Gasteiger charge is -2.32. The van der Waals surface area contributed by atoms with E-state index in [9.17, 15) is 10.1 Å². The Balaban J connectivity index is 6.28. The van der Waals surface area contributed by atoms with Gasteiger partial charge in [-0.3, -0.25) is 10.1 Å². The largest absolute Gasteiger partial charge is 0.353 e. The zero-order valence-corrected chi connectivity index (χ0v) is 15.2. The van der Waals surface area contributed by atoms with Crippen molar-refractivity contribution in [1.29, 1.82) is 0 Å². The average Bonchev–Trinajstić information content (AvgIpc) is 2.40. The lowest BCUT2D eigenvalue weighted by atomic mass is 10.3. The van der Waals surface area contributed by atoms with Gasteiger partial charge >= 0.3 is 5.70 Å². The van der Waals surface area contributed by atoms with Gasteiger partial charge in [-0.1, -0.05) is 23.2 Å². The number of nitro groups is 1. The van der Waals surface area contributed by atoms with Crippen LogP contribution in [0.4, 0.5) is 0 Å². The lowest BCUT2D eigenvalue weighted by molar-refractivity contribution is -0.423. The second-order valence-corrected chi connectivity index (χ2v) is 5.85. The summed E-state index contributed by atoms with van der Waals surface area (Å²) in [6, 6.07) is 0. The predicted molar refractivity (Wildman–Crippen MR) is 87.5 cm³/mol. The number of rotatable bonds is 8. The third kappa shape index (κ3) is 4.82. The molecule has 8 heteroatoms. The van der Waals surface area contributed by atoms with E-state index in [0.717, 1.165) is 0 Å². The van der Waals surface area contributed by atoms with E-state index >= 15 is 0 Å². The summed E-state index contributed by atoms with van der Waals surface area (Å²) < 4.78 is 0.0303. The van der Waals surface area contributed by atoms with E-state index in [1.54, 1.807) is 0 Å². The van der Waals surface area contributed by atoms with Crippen LogP contribution in [0.5, 0.6) is 0 Å². The Morgan fingerprint density at radius 2 is 1.40 bits per heavy atom. The van der Waals surface area contributed by atoms with Gasteiger partial charge in [0.25, 0.3) is 0 Å². The average molecular weight is 389 g/mol. The van der Waals surface area contributed by atoms with E-state index in [0.29, 0.717) is 32.0 Å². The number of hydrogen-bond donors (Lipinski definition) is 0. The fourth-order valence-electron chi connectivity index (χ4n) is 1.90. The Morgan fingerprint density at radius 3 is 1.60 bits per heavy atom. The van der Waals surface area contributed by atoms with Gasteiger partial charge in [0.2, 0.25) is 0 Å². The third-order valence-corrected chi connectivity index (χ3v) is 4.17. The Hall–Kier alpha value is -0.460. The van der Waals surface area contributed by atoms with E-state index in [1.807, 2.05) is 37.5 Å². The topological polar surface area (TPSA) is 49.6 Å². The molecule has 0 heterocycles. The molecule has 0 unspecified atom stereocenters. The maximum absolute atomic E-state index is 11.5. The standard InChI is InChI=1S/C12H20BrCl2N3O2/c1-5-16(6-2)12(17(7-3)8-4)10(18(19)20)9(14)11(13)15/h5-8H2,1-4H3. The first-order valence-electron chi connectivity index (χ1n) is 6.45. The molecule has 0 atom stereocenters. The van der Waals surface area contributed by atoms with E-state index < -0.39 is 4.92 Å². The van der Waals surface area contributed by atoms with Crippen LogP contribution in [-0.2, 0) is 0 Å². The van der Waals surface area contributed by atoms with Crippen LogP contribution in [0.3, 0.4) is 0 Å². The van der Waals surface area contributed by atoms with Crippen LogP contribution in [0.1, 0.15) is 27.7 Å². The van der Waals surface area contributed by atoms with Crippen molar-refractivity contribution in [2.75, 3.05) is 26.2 Å². The first-order chi connectivity index (χ1) is 9.35. The Morgan fingerprint density at radius 1 is 1.05 bits per heavy atom. The summed E-state index contributed by atoms with van der Waals surface area (Å²) in [7, 11) is 0. The highest BCUT2D eigenvalue weighted by molar-refractivity contribution is 9.12.